The molecule has 1 aromatic rings. The summed E-state index contributed by atoms with van der Waals surface area (Å²) >= 11 is 4.91. The van der Waals surface area contributed by atoms with Gasteiger partial charge in [-0.05, 0) is 41.8 Å². The first kappa shape index (κ1) is 11.1. The number of halogens is 1. The largest absolute Gasteiger partial charge is 0.347 e. The number of carbonyl (C=O) groups excluding carboxylic acids is 1. The molecule has 0 saturated heterocycles. The maximum Gasteiger partial charge on any atom is 0.252 e. The Morgan fingerprint density at radius 1 is 1.53 bits per heavy atom. The first-order valence-corrected chi connectivity index (χ1v) is 6.83. The zero-order chi connectivity index (χ0) is 10.9. The summed E-state index contributed by atoms with van der Waals surface area (Å²) in [5, 5.41) is 5.02. The van der Waals surface area contributed by atoms with Crippen molar-refractivity contribution in [2.24, 2.45) is 0 Å². The van der Waals surface area contributed by atoms with E-state index in [0.717, 1.165) is 22.2 Å². The predicted octanol–water partition coefficient (Wildman–Crippen LogP) is 3.57. The van der Waals surface area contributed by atoms with E-state index in [4.69, 9.17) is 0 Å². The van der Waals surface area contributed by atoms with Crippen LogP contribution in [-0.4, -0.2) is 11.4 Å². The lowest BCUT2D eigenvalue weighted by Crippen LogP contribution is -2.43. The third kappa shape index (κ3) is 2.61. The Morgan fingerprint density at radius 2 is 2.20 bits per heavy atom. The fraction of sp³-hybridized carbons (Fsp3) is 0.545. The highest BCUT2D eigenvalue weighted by Gasteiger charge is 2.30. The molecule has 1 aliphatic rings. The second-order valence-electron chi connectivity index (χ2n) is 4.36. The molecule has 2 nitrogen and oxygen atoms in total. The van der Waals surface area contributed by atoms with E-state index in [-0.39, 0.29) is 11.4 Å². The van der Waals surface area contributed by atoms with Crippen molar-refractivity contribution in [2.45, 2.75) is 38.1 Å². The second-order valence-corrected chi connectivity index (χ2v) is 6.65. The fourth-order valence-corrected chi connectivity index (χ4v) is 3.19. The monoisotopic (exact) mass is 287 g/mol. The summed E-state index contributed by atoms with van der Waals surface area (Å²) in [6, 6.07) is 1.87. The van der Waals surface area contributed by atoms with E-state index in [9.17, 15) is 4.79 Å². The average molecular weight is 288 g/mol. The number of nitrogens with one attached hydrogen (secondary N) is 1. The molecule has 1 aliphatic carbocycles. The van der Waals surface area contributed by atoms with Crippen molar-refractivity contribution >= 4 is 33.2 Å². The van der Waals surface area contributed by atoms with Crippen LogP contribution in [0, 0.1) is 0 Å². The van der Waals surface area contributed by atoms with Gasteiger partial charge in [-0.3, -0.25) is 4.79 Å². The van der Waals surface area contributed by atoms with Crippen LogP contribution in [0.4, 0.5) is 0 Å². The van der Waals surface area contributed by atoms with Gasteiger partial charge in [0.2, 0.25) is 0 Å². The van der Waals surface area contributed by atoms with Gasteiger partial charge in [0.1, 0.15) is 0 Å². The second kappa shape index (κ2) is 4.26. The molecule has 0 aromatic carbocycles. The molecule has 1 saturated carbocycles. The highest BCUT2D eigenvalue weighted by atomic mass is 79.9. The molecule has 1 N–H and O–H groups in total. The van der Waals surface area contributed by atoms with Crippen LogP contribution in [0.1, 0.15) is 43.0 Å². The summed E-state index contributed by atoms with van der Waals surface area (Å²) < 4.78 is 1.00. The van der Waals surface area contributed by atoms with Gasteiger partial charge in [0.05, 0.1) is 9.35 Å². The molecule has 15 heavy (non-hydrogen) atoms. The lowest BCUT2D eigenvalue weighted by Gasteiger charge is -2.24. The van der Waals surface area contributed by atoms with E-state index in [1.54, 1.807) is 11.3 Å². The van der Waals surface area contributed by atoms with E-state index in [1.807, 2.05) is 11.4 Å². The normalized spacial score (nSPS) is 19.1. The molecule has 0 spiro atoms. The quantitative estimate of drug-likeness (QED) is 0.885. The molecular formula is C11H14BrNOS. The van der Waals surface area contributed by atoms with Gasteiger partial charge in [-0.15, -0.1) is 11.3 Å². The topological polar surface area (TPSA) is 29.1 Å². The Balaban J connectivity index is 2.03. The molecule has 0 atom stereocenters. The lowest BCUT2D eigenvalue weighted by molar-refractivity contribution is 0.0908. The molecule has 2 rings (SSSR count). The molecule has 1 heterocycles. The maximum absolute atomic E-state index is 11.9. The third-order valence-electron chi connectivity index (χ3n) is 2.95. The number of hydrogen-bond donors (Lipinski definition) is 1. The van der Waals surface area contributed by atoms with Gasteiger partial charge in [-0.1, -0.05) is 12.8 Å². The van der Waals surface area contributed by atoms with Crippen molar-refractivity contribution in [2.75, 3.05) is 0 Å². The van der Waals surface area contributed by atoms with Gasteiger partial charge in [0.15, 0.2) is 0 Å². The minimum atomic E-state index is 0.0193. The molecule has 0 radical (unpaired) electrons. The van der Waals surface area contributed by atoms with Gasteiger partial charge in [0, 0.05) is 10.9 Å². The third-order valence-corrected chi connectivity index (χ3v) is 4.46. The number of hydrogen-bond acceptors (Lipinski definition) is 2. The Bertz CT molecular complexity index is 368. The molecule has 0 unspecified atom stereocenters. The van der Waals surface area contributed by atoms with Crippen molar-refractivity contribution in [1.82, 2.24) is 5.32 Å². The van der Waals surface area contributed by atoms with Crippen molar-refractivity contribution < 1.29 is 4.79 Å². The van der Waals surface area contributed by atoms with Crippen LogP contribution in [0.2, 0.25) is 0 Å². The standard InChI is InChI=1S/C11H14BrNOS/c1-11(4-2-3-5-11)13-10(14)8-6-9(12)15-7-8/h6-7H,2-5H2,1H3,(H,13,14). The van der Waals surface area contributed by atoms with Gasteiger partial charge in [-0.25, -0.2) is 0 Å². The molecule has 82 valence electrons. The van der Waals surface area contributed by atoms with E-state index < -0.39 is 0 Å². The van der Waals surface area contributed by atoms with E-state index in [1.165, 1.54) is 12.8 Å². The molecule has 1 fully saturated rings. The Hall–Kier alpha value is -0.350. The highest BCUT2D eigenvalue weighted by Crippen LogP contribution is 2.29. The fourth-order valence-electron chi connectivity index (χ4n) is 2.06. The number of rotatable bonds is 2. The summed E-state index contributed by atoms with van der Waals surface area (Å²) in [5.41, 5.74) is 0.783. The highest BCUT2D eigenvalue weighted by molar-refractivity contribution is 9.11. The maximum atomic E-state index is 11.9. The minimum Gasteiger partial charge on any atom is -0.347 e. The predicted molar refractivity (Wildman–Crippen MR) is 66.4 cm³/mol. The van der Waals surface area contributed by atoms with Crippen molar-refractivity contribution in [1.29, 1.82) is 0 Å². The number of thiophene rings is 1. The molecule has 0 bridgehead atoms. The van der Waals surface area contributed by atoms with Crippen LogP contribution < -0.4 is 5.32 Å². The number of carbonyl (C=O) groups is 1. The van der Waals surface area contributed by atoms with Crippen molar-refractivity contribution in [3.63, 3.8) is 0 Å². The summed E-state index contributed by atoms with van der Waals surface area (Å²) in [5.74, 6) is 0.0568. The molecule has 4 heteroatoms. The Kier molecular flexibility index (Phi) is 3.16. The van der Waals surface area contributed by atoms with E-state index in [2.05, 4.69) is 28.2 Å². The lowest BCUT2D eigenvalue weighted by atomic mass is 10.0. The molecule has 0 aliphatic heterocycles. The smallest absolute Gasteiger partial charge is 0.252 e. The van der Waals surface area contributed by atoms with Crippen LogP contribution in [0.3, 0.4) is 0 Å². The Labute approximate surface area is 102 Å². The van der Waals surface area contributed by atoms with E-state index >= 15 is 0 Å². The summed E-state index contributed by atoms with van der Waals surface area (Å²) in [6.45, 7) is 2.14. The summed E-state index contributed by atoms with van der Waals surface area (Å²) in [7, 11) is 0. The average Bonchev–Trinajstić information content (AvgIpc) is 2.75. The molecule has 1 aromatic heterocycles. The molecular weight excluding hydrogens is 274 g/mol. The molecule has 1 amide bonds. The van der Waals surface area contributed by atoms with Crippen molar-refractivity contribution in [3.05, 3.63) is 20.8 Å². The van der Waals surface area contributed by atoms with Crippen LogP contribution in [0.15, 0.2) is 15.2 Å². The first-order chi connectivity index (χ1) is 7.09. The van der Waals surface area contributed by atoms with Gasteiger partial charge in [-0.2, -0.15) is 0 Å². The van der Waals surface area contributed by atoms with Gasteiger partial charge >= 0.3 is 0 Å². The van der Waals surface area contributed by atoms with Crippen LogP contribution in [0.25, 0.3) is 0 Å². The zero-order valence-corrected chi connectivity index (χ0v) is 11.1. The van der Waals surface area contributed by atoms with Crippen molar-refractivity contribution in [3.8, 4) is 0 Å². The SMILES string of the molecule is CC1(NC(=O)c2csc(Br)c2)CCCC1. The van der Waals surface area contributed by atoms with Gasteiger partial charge in [0.25, 0.3) is 5.91 Å². The minimum absolute atomic E-state index is 0.0193. The van der Waals surface area contributed by atoms with Gasteiger partial charge < -0.3 is 5.32 Å². The van der Waals surface area contributed by atoms with Crippen LogP contribution in [0.5, 0.6) is 0 Å². The summed E-state index contributed by atoms with van der Waals surface area (Å²) in [4.78, 5) is 11.9. The van der Waals surface area contributed by atoms with Crippen LogP contribution >= 0.6 is 27.3 Å². The summed E-state index contributed by atoms with van der Waals surface area (Å²) in [6.07, 6.45) is 4.66. The van der Waals surface area contributed by atoms with E-state index in [0.29, 0.717) is 0 Å². The Morgan fingerprint density at radius 3 is 2.73 bits per heavy atom. The first-order valence-electron chi connectivity index (χ1n) is 5.16. The van der Waals surface area contributed by atoms with Crippen LogP contribution in [-0.2, 0) is 0 Å². The number of amides is 1. The zero-order valence-electron chi connectivity index (χ0n) is 8.68.